The smallest absolute Gasteiger partial charge is 0.264 e. The molecule has 27 heavy (non-hydrogen) atoms. The first-order valence-corrected chi connectivity index (χ1v) is 9.94. The van der Waals surface area contributed by atoms with Crippen LogP contribution in [0.1, 0.15) is 24.8 Å². The molecule has 1 N–H and O–H groups in total. The van der Waals surface area contributed by atoms with Crippen LogP contribution < -0.4 is 5.32 Å². The Kier molecular flexibility index (Phi) is 5.32. The van der Waals surface area contributed by atoms with Gasteiger partial charge in [0.2, 0.25) is 5.91 Å². The topological polar surface area (TPSA) is 75.7 Å². The number of nitrogens with zero attached hydrogens (tertiary/aromatic N) is 1. The van der Waals surface area contributed by atoms with E-state index >= 15 is 0 Å². The van der Waals surface area contributed by atoms with E-state index < -0.39 is 15.4 Å². The molecule has 0 aromatic heterocycles. The number of rotatable bonds is 6. The fraction of sp³-hybridized carbons (Fsp3) is 0.316. The van der Waals surface area contributed by atoms with Gasteiger partial charge >= 0.3 is 0 Å². The molecule has 0 saturated heterocycles. The van der Waals surface area contributed by atoms with E-state index in [9.17, 15) is 17.6 Å². The van der Waals surface area contributed by atoms with Crippen LogP contribution in [0, 0.1) is 5.82 Å². The summed E-state index contributed by atoms with van der Waals surface area (Å²) in [6.45, 7) is 0. The summed E-state index contributed by atoms with van der Waals surface area (Å²) in [5.41, 5.74) is 0.386. The fourth-order valence-electron chi connectivity index (χ4n) is 3.17. The second kappa shape index (κ2) is 7.38. The minimum atomic E-state index is -3.75. The molecule has 0 unspecified atom stereocenters. The summed E-state index contributed by atoms with van der Waals surface area (Å²) in [4.78, 5) is 17.7. The molecule has 1 fully saturated rings. The van der Waals surface area contributed by atoms with E-state index in [0.29, 0.717) is 24.1 Å². The first-order chi connectivity index (χ1) is 12.8. The van der Waals surface area contributed by atoms with Gasteiger partial charge in [-0.05, 0) is 54.8 Å². The van der Waals surface area contributed by atoms with E-state index in [2.05, 4.69) is 5.32 Å². The molecule has 6 nitrogen and oxygen atoms in total. The molecule has 1 aliphatic carbocycles. The summed E-state index contributed by atoms with van der Waals surface area (Å²) in [5.74, 6) is -0.590. The van der Waals surface area contributed by atoms with Gasteiger partial charge in [0.15, 0.2) is 0 Å². The Bertz CT molecular complexity index is 940. The number of hydroxylamine groups is 1. The lowest BCUT2D eigenvalue weighted by atomic mass is 9.63. The molecule has 0 bridgehead atoms. The third-order valence-electron chi connectivity index (χ3n) is 5.02. The quantitative estimate of drug-likeness (QED) is 0.767. The molecule has 0 radical (unpaired) electrons. The highest BCUT2D eigenvalue weighted by molar-refractivity contribution is 7.89. The van der Waals surface area contributed by atoms with Crippen molar-refractivity contribution >= 4 is 21.6 Å². The van der Waals surface area contributed by atoms with Gasteiger partial charge in [0.25, 0.3) is 10.0 Å². The van der Waals surface area contributed by atoms with Gasteiger partial charge < -0.3 is 5.32 Å². The normalized spacial score (nSPS) is 16.0. The van der Waals surface area contributed by atoms with Crippen molar-refractivity contribution in [2.75, 3.05) is 19.5 Å². The minimum Gasteiger partial charge on any atom is -0.325 e. The predicted molar refractivity (Wildman–Crippen MR) is 99.0 cm³/mol. The number of hydrogen-bond acceptors (Lipinski definition) is 4. The SMILES string of the molecule is CON(C)S(=O)(=O)c1ccc(NC(=O)C2(c3cccc(F)c3)CCC2)cc1. The second-order valence-electron chi connectivity index (χ2n) is 6.52. The Morgan fingerprint density at radius 2 is 1.85 bits per heavy atom. The summed E-state index contributed by atoms with van der Waals surface area (Å²) in [5, 5.41) is 2.82. The number of halogens is 1. The Morgan fingerprint density at radius 3 is 2.37 bits per heavy atom. The molecule has 1 amide bonds. The molecule has 0 spiro atoms. The van der Waals surface area contributed by atoms with Crippen molar-refractivity contribution < 1.29 is 22.4 Å². The van der Waals surface area contributed by atoms with Crippen molar-refractivity contribution in [2.45, 2.75) is 29.6 Å². The van der Waals surface area contributed by atoms with Crippen molar-refractivity contribution in [1.82, 2.24) is 4.47 Å². The Labute approximate surface area is 158 Å². The molecule has 0 heterocycles. The van der Waals surface area contributed by atoms with E-state index in [-0.39, 0.29) is 16.6 Å². The molecule has 0 atom stereocenters. The highest BCUT2D eigenvalue weighted by Gasteiger charge is 2.45. The number of nitrogens with one attached hydrogen (secondary N) is 1. The van der Waals surface area contributed by atoms with Gasteiger partial charge in [-0.15, -0.1) is 0 Å². The standard InChI is InChI=1S/C19H21FN2O4S/c1-22(26-2)27(24,25)17-9-7-16(8-10-17)21-18(23)19(11-4-12-19)14-5-3-6-15(20)13-14/h3,5-10,13H,4,11-12H2,1-2H3,(H,21,23). The summed E-state index contributed by atoms with van der Waals surface area (Å²) in [6.07, 6.45) is 2.19. The van der Waals surface area contributed by atoms with E-state index in [1.165, 1.54) is 50.6 Å². The maximum atomic E-state index is 13.6. The number of sulfonamides is 1. The van der Waals surface area contributed by atoms with Gasteiger partial charge in [-0.25, -0.2) is 12.8 Å². The molecule has 144 valence electrons. The largest absolute Gasteiger partial charge is 0.325 e. The van der Waals surface area contributed by atoms with E-state index in [1.54, 1.807) is 12.1 Å². The van der Waals surface area contributed by atoms with Gasteiger partial charge in [-0.2, -0.15) is 0 Å². The Balaban J connectivity index is 1.80. The van der Waals surface area contributed by atoms with Crippen molar-refractivity contribution in [3.05, 3.63) is 59.9 Å². The van der Waals surface area contributed by atoms with Crippen LogP contribution in [-0.2, 0) is 25.1 Å². The summed E-state index contributed by atoms with van der Waals surface area (Å²) in [7, 11) is -1.19. The van der Waals surface area contributed by atoms with Crippen LogP contribution in [0.3, 0.4) is 0 Å². The minimum absolute atomic E-state index is 0.0494. The zero-order valence-corrected chi connectivity index (χ0v) is 15.9. The monoisotopic (exact) mass is 392 g/mol. The van der Waals surface area contributed by atoms with E-state index in [0.717, 1.165) is 10.9 Å². The van der Waals surface area contributed by atoms with Gasteiger partial charge in [-0.3, -0.25) is 9.63 Å². The highest BCUT2D eigenvalue weighted by Crippen LogP contribution is 2.44. The molecule has 0 aliphatic heterocycles. The van der Waals surface area contributed by atoms with Crippen molar-refractivity contribution in [3.8, 4) is 0 Å². The van der Waals surface area contributed by atoms with Crippen LogP contribution in [0.25, 0.3) is 0 Å². The van der Waals surface area contributed by atoms with Crippen LogP contribution in [0.5, 0.6) is 0 Å². The number of anilines is 1. The average Bonchev–Trinajstić information content (AvgIpc) is 2.60. The van der Waals surface area contributed by atoms with Crippen LogP contribution in [0.15, 0.2) is 53.4 Å². The number of hydrogen-bond donors (Lipinski definition) is 1. The van der Waals surface area contributed by atoms with E-state index in [1.807, 2.05) is 0 Å². The third kappa shape index (κ3) is 3.60. The van der Waals surface area contributed by atoms with Crippen molar-refractivity contribution in [1.29, 1.82) is 0 Å². The van der Waals surface area contributed by atoms with Crippen molar-refractivity contribution in [2.24, 2.45) is 0 Å². The molecular weight excluding hydrogens is 371 g/mol. The molecule has 8 heteroatoms. The first-order valence-electron chi connectivity index (χ1n) is 8.50. The summed E-state index contributed by atoms with van der Waals surface area (Å²) in [6, 6.07) is 12.0. The van der Waals surface area contributed by atoms with Crippen LogP contribution >= 0.6 is 0 Å². The fourth-order valence-corrected chi connectivity index (χ4v) is 4.14. The lowest BCUT2D eigenvalue weighted by molar-refractivity contribution is -0.124. The van der Waals surface area contributed by atoms with Crippen molar-refractivity contribution in [3.63, 3.8) is 0 Å². The second-order valence-corrected chi connectivity index (χ2v) is 8.46. The van der Waals surface area contributed by atoms with Gasteiger partial charge in [-0.1, -0.05) is 23.0 Å². The zero-order valence-electron chi connectivity index (χ0n) is 15.1. The third-order valence-corrected chi connectivity index (χ3v) is 6.72. The number of carbonyl (C=O) groups excluding carboxylic acids is 1. The van der Waals surface area contributed by atoms with Crippen LogP contribution in [0.4, 0.5) is 10.1 Å². The molecule has 1 saturated carbocycles. The van der Waals surface area contributed by atoms with Gasteiger partial charge in [0, 0.05) is 12.7 Å². The predicted octanol–water partition coefficient (Wildman–Crippen LogP) is 3.07. The molecule has 2 aromatic carbocycles. The Hall–Kier alpha value is -2.29. The molecular formula is C19H21FN2O4S. The van der Waals surface area contributed by atoms with Gasteiger partial charge in [0.1, 0.15) is 5.82 Å². The van der Waals surface area contributed by atoms with Gasteiger partial charge in [0.05, 0.1) is 17.4 Å². The number of carbonyl (C=O) groups is 1. The van der Waals surface area contributed by atoms with E-state index in [4.69, 9.17) is 4.84 Å². The zero-order chi connectivity index (χ0) is 19.7. The maximum absolute atomic E-state index is 13.6. The molecule has 3 rings (SSSR count). The lowest BCUT2D eigenvalue weighted by Crippen LogP contribution is -2.46. The lowest BCUT2D eigenvalue weighted by Gasteiger charge is -2.40. The number of benzene rings is 2. The Morgan fingerprint density at radius 1 is 1.19 bits per heavy atom. The molecule has 2 aromatic rings. The summed E-state index contributed by atoms with van der Waals surface area (Å²) < 4.78 is 38.8. The number of amides is 1. The van der Waals surface area contributed by atoms with Crippen LogP contribution in [-0.4, -0.2) is 33.0 Å². The van der Waals surface area contributed by atoms with Crippen LogP contribution in [0.2, 0.25) is 0 Å². The maximum Gasteiger partial charge on any atom is 0.264 e. The average molecular weight is 392 g/mol. The first kappa shape index (κ1) is 19.5. The molecule has 1 aliphatic rings. The summed E-state index contributed by atoms with van der Waals surface area (Å²) >= 11 is 0. The highest BCUT2D eigenvalue weighted by atomic mass is 32.2.